The first kappa shape index (κ1) is 9.96. The molecule has 1 aromatic rings. The fourth-order valence-electron chi connectivity index (χ4n) is 1.82. The van der Waals surface area contributed by atoms with Crippen LogP contribution in [0.1, 0.15) is 5.56 Å². The predicted octanol–water partition coefficient (Wildman–Crippen LogP) is 1.93. The Morgan fingerprint density at radius 2 is 2.13 bits per heavy atom. The van der Waals surface area contributed by atoms with Crippen molar-refractivity contribution in [3.05, 3.63) is 35.9 Å². The number of hydrogen-bond donors (Lipinski definition) is 1. The van der Waals surface area contributed by atoms with E-state index < -0.39 is 18.3 Å². The van der Waals surface area contributed by atoms with E-state index in [2.05, 4.69) is 0 Å². The molecule has 1 aliphatic heterocycles. The van der Waals surface area contributed by atoms with Gasteiger partial charge in [-0.2, -0.15) is 0 Å². The second kappa shape index (κ2) is 3.88. The molecule has 0 saturated carbocycles. The molecule has 3 nitrogen and oxygen atoms in total. The maximum Gasteiger partial charge on any atom is 0.407 e. The van der Waals surface area contributed by atoms with Gasteiger partial charge in [0.15, 0.2) is 0 Å². The molecule has 80 valence electrons. The maximum atomic E-state index is 13.2. The van der Waals surface area contributed by atoms with Gasteiger partial charge in [-0.25, -0.2) is 9.18 Å². The minimum atomic E-state index is -1.04. The molecule has 1 saturated heterocycles. The summed E-state index contributed by atoms with van der Waals surface area (Å²) in [6.45, 7) is 0.00678. The zero-order chi connectivity index (χ0) is 10.8. The molecule has 0 aromatic heterocycles. The largest absolute Gasteiger partial charge is 0.465 e. The van der Waals surface area contributed by atoms with Crippen molar-refractivity contribution in [2.24, 2.45) is 0 Å². The second-order valence-electron chi connectivity index (χ2n) is 3.71. The first-order valence-corrected chi connectivity index (χ1v) is 4.86. The number of benzene rings is 1. The number of amides is 1. The topological polar surface area (TPSA) is 40.5 Å². The van der Waals surface area contributed by atoms with Crippen molar-refractivity contribution in [1.82, 2.24) is 4.90 Å². The van der Waals surface area contributed by atoms with E-state index in [-0.39, 0.29) is 6.54 Å². The van der Waals surface area contributed by atoms with Crippen LogP contribution in [-0.4, -0.2) is 34.9 Å². The van der Waals surface area contributed by atoms with Crippen molar-refractivity contribution >= 4 is 6.09 Å². The summed E-state index contributed by atoms with van der Waals surface area (Å²) in [6.07, 6.45) is -1.61. The number of hydrogen-bond acceptors (Lipinski definition) is 1. The molecule has 1 amide bonds. The number of likely N-dealkylation sites (tertiary alicyclic amines) is 1. The van der Waals surface area contributed by atoms with Gasteiger partial charge < -0.3 is 5.11 Å². The Kier molecular flexibility index (Phi) is 2.58. The van der Waals surface area contributed by atoms with Crippen LogP contribution in [0.3, 0.4) is 0 Å². The fourth-order valence-corrected chi connectivity index (χ4v) is 1.82. The zero-order valence-electron chi connectivity index (χ0n) is 8.14. The lowest BCUT2D eigenvalue weighted by Crippen LogP contribution is -2.60. The van der Waals surface area contributed by atoms with Gasteiger partial charge in [0.1, 0.15) is 6.17 Å². The van der Waals surface area contributed by atoms with Crippen LogP contribution < -0.4 is 0 Å². The van der Waals surface area contributed by atoms with Crippen molar-refractivity contribution in [3.63, 3.8) is 0 Å². The molecular formula is C11H12FNO2. The third kappa shape index (κ3) is 1.93. The van der Waals surface area contributed by atoms with Gasteiger partial charge in [0.05, 0.1) is 12.6 Å². The Morgan fingerprint density at radius 3 is 2.67 bits per heavy atom. The van der Waals surface area contributed by atoms with E-state index >= 15 is 0 Å². The van der Waals surface area contributed by atoms with Crippen LogP contribution in [0.2, 0.25) is 0 Å². The predicted molar refractivity (Wildman–Crippen MR) is 53.6 cm³/mol. The lowest BCUT2D eigenvalue weighted by atomic mass is 9.94. The van der Waals surface area contributed by atoms with Gasteiger partial charge in [-0.15, -0.1) is 0 Å². The first-order valence-electron chi connectivity index (χ1n) is 4.86. The average molecular weight is 209 g/mol. The molecule has 1 heterocycles. The normalized spacial score (nSPS) is 24.7. The fraction of sp³-hybridized carbons (Fsp3) is 0.364. The molecule has 1 aromatic carbocycles. The summed E-state index contributed by atoms with van der Waals surface area (Å²) >= 11 is 0. The van der Waals surface area contributed by atoms with Gasteiger partial charge in [-0.1, -0.05) is 30.3 Å². The second-order valence-corrected chi connectivity index (χ2v) is 3.71. The van der Waals surface area contributed by atoms with Crippen molar-refractivity contribution in [2.45, 2.75) is 18.6 Å². The van der Waals surface area contributed by atoms with E-state index in [0.29, 0.717) is 6.42 Å². The van der Waals surface area contributed by atoms with E-state index in [1.54, 1.807) is 0 Å². The van der Waals surface area contributed by atoms with Crippen LogP contribution >= 0.6 is 0 Å². The number of nitrogens with zero attached hydrogens (tertiary/aromatic N) is 1. The van der Waals surface area contributed by atoms with Gasteiger partial charge >= 0.3 is 6.09 Å². The van der Waals surface area contributed by atoms with E-state index in [4.69, 9.17) is 5.11 Å². The smallest absolute Gasteiger partial charge is 0.407 e. The van der Waals surface area contributed by atoms with Crippen LogP contribution in [0.25, 0.3) is 0 Å². The molecule has 1 N–H and O–H groups in total. The summed E-state index contributed by atoms with van der Waals surface area (Å²) in [5.74, 6) is 0. The highest BCUT2D eigenvalue weighted by Crippen LogP contribution is 2.24. The van der Waals surface area contributed by atoms with E-state index in [0.717, 1.165) is 10.5 Å². The van der Waals surface area contributed by atoms with Gasteiger partial charge in [-0.3, -0.25) is 4.90 Å². The molecule has 4 heteroatoms. The van der Waals surface area contributed by atoms with Gasteiger partial charge in [0.25, 0.3) is 0 Å². The third-order valence-electron chi connectivity index (χ3n) is 2.72. The minimum absolute atomic E-state index is 0.00678. The number of rotatable bonds is 2. The average Bonchev–Trinajstić information content (AvgIpc) is 2.23. The molecule has 0 aliphatic carbocycles. The van der Waals surface area contributed by atoms with Gasteiger partial charge in [0.2, 0.25) is 0 Å². The monoisotopic (exact) mass is 209 g/mol. The van der Waals surface area contributed by atoms with E-state index in [9.17, 15) is 9.18 Å². The quantitative estimate of drug-likeness (QED) is 0.808. The lowest BCUT2D eigenvalue weighted by molar-refractivity contribution is 0.00242. The number of halogens is 1. The molecule has 0 spiro atoms. The van der Waals surface area contributed by atoms with Gasteiger partial charge in [0, 0.05) is 0 Å². The molecule has 0 bridgehead atoms. The lowest BCUT2D eigenvalue weighted by Gasteiger charge is -2.42. The molecule has 1 fully saturated rings. The standard InChI is InChI=1S/C11H12FNO2/c12-9-7-13(11(14)15)10(9)6-8-4-2-1-3-5-8/h1-5,9-10H,6-7H2,(H,14,15)/t9-,10+/m1/s1. The molecule has 1 aliphatic rings. The van der Waals surface area contributed by atoms with Crippen molar-refractivity contribution in [1.29, 1.82) is 0 Å². The first-order chi connectivity index (χ1) is 7.18. The molecule has 2 rings (SSSR count). The summed E-state index contributed by atoms with van der Waals surface area (Å²) in [5.41, 5.74) is 0.969. The van der Waals surface area contributed by atoms with Crippen LogP contribution in [0.15, 0.2) is 30.3 Å². The van der Waals surface area contributed by atoms with E-state index in [1.807, 2.05) is 30.3 Å². The van der Waals surface area contributed by atoms with Crippen molar-refractivity contribution in [2.75, 3.05) is 6.54 Å². The van der Waals surface area contributed by atoms with Crippen molar-refractivity contribution in [3.8, 4) is 0 Å². The Hall–Kier alpha value is -1.58. The third-order valence-corrected chi connectivity index (χ3v) is 2.72. The van der Waals surface area contributed by atoms with Gasteiger partial charge in [-0.05, 0) is 12.0 Å². The zero-order valence-corrected chi connectivity index (χ0v) is 8.14. The van der Waals surface area contributed by atoms with E-state index in [1.165, 1.54) is 0 Å². The summed E-state index contributed by atoms with van der Waals surface area (Å²) in [6, 6.07) is 8.87. The Bertz CT molecular complexity index is 355. The van der Waals surface area contributed by atoms with Crippen molar-refractivity contribution < 1.29 is 14.3 Å². The maximum absolute atomic E-state index is 13.2. The summed E-state index contributed by atoms with van der Waals surface area (Å²) in [5, 5.41) is 8.76. The molecule has 0 unspecified atom stereocenters. The number of carboxylic acid groups (broad SMARTS) is 1. The number of carbonyl (C=O) groups is 1. The molecular weight excluding hydrogens is 197 g/mol. The molecule has 15 heavy (non-hydrogen) atoms. The van der Waals surface area contributed by atoms with Crippen LogP contribution in [0.5, 0.6) is 0 Å². The summed E-state index contributed by atoms with van der Waals surface area (Å²) in [7, 11) is 0. The highest BCUT2D eigenvalue weighted by molar-refractivity contribution is 5.67. The Balaban J connectivity index is 2.02. The summed E-state index contributed by atoms with van der Waals surface area (Å²) < 4.78 is 13.2. The summed E-state index contributed by atoms with van der Waals surface area (Å²) in [4.78, 5) is 11.8. The van der Waals surface area contributed by atoms with Crippen LogP contribution in [0.4, 0.5) is 9.18 Å². The Labute approximate surface area is 87.1 Å². The molecule has 2 atom stereocenters. The minimum Gasteiger partial charge on any atom is -0.465 e. The Morgan fingerprint density at radius 1 is 1.47 bits per heavy atom. The highest BCUT2D eigenvalue weighted by Gasteiger charge is 2.42. The SMILES string of the molecule is O=C(O)N1C[C@@H](F)[C@@H]1Cc1ccccc1. The molecule has 0 radical (unpaired) electrons. The highest BCUT2D eigenvalue weighted by atomic mass is 19.1. The van der Waals surface area contributed by atoms with Crippen LogP contribution in [-0.2, 0) is 6.42 Å². The van der Waals surface area contributed by atoms with Crippen LogP contribution in [0, 0.1) is 0 Å². The number of alkyl halides is 1.